The van der Waals surface area contributed by atoms with Crippen molar-refractivity contribution >= 4 is 27.5 Å². The highest BCUT2D eigenvalue weighted by molar-refractivity contribution is 9.10. The van der Waals surface area contributed by atoms with Crippen molar-refractivity contribution < 1.29 is 13.9 Å². The number of hydrogen-bond donors (Lipinski definition) is 0. The maximum atomic E-state index is 13.4. The maximum Gasteiger partial charge on any atom is 0.187 e. The number of ether oxygens (including phenoxy) is 2. The lowest BCUT2D eigenvalue weighted by Gasteiger charge is -2.13. The van der Waals surface area contributed by atoms with Gasteiger partial charge in [-0.2, -0.15) is 0 Å². The predicted molar refractivity (Wildman–Crippen MR) is 53.8 cm³/mol. The van der Waals surface area contributed by atoms with Crippen molar-refractivity contribution in [3.63, 3.8) is 0 Å². The third-order valence-electron chi connectivity index (χ3n) is 1.94. The van der Waals surface area contributed by atoms with Crippen molar-refractivity contribution in [1.29, 1.82) is 0 Å². The van der Waals surface area contributed by atoms with Crippen molar-refractivity contribution in [3.8, 4) is 0 Å². The molecule has 1 heterocycles. The summed E-state index contributed by atoms with van der Waals surface area (Å²) < 4.78 is 24.3. The zero-order chi connectivity index (χ0) is 10.1. The first kappa shape index (κ1) is 10.4. The first-order valence-corrected chi connectivity index (χ1v) is 5.24. The molecular weight excluding hydrogens is 274 g/mol. The van der Waals surface area contributed by atoms with Gasteiger partial charge in [0.2, 0.25) is 0 Å². The Hall–Kier alpha value is -0.160. The molecule has 5 heteroatoms. The second kappa shape index (κ2) is 4.14. The molecule has 2 rings (SSSR count). The van der Waals surface area contributed by atoms with Crippen LogP contribution >= 0.6 is 27.5 Å². The van der Waals surface area contributed by atoms with Gasteiger partial charge in [0.15, 0.2) is 6.29 Å². The largest absolute Gasteiger partial charge is 0.346 e. The molecule has 0 radical (unpaired) electrons. The summed E-state index contributed by atoms with van der Waals surface area (Å²) in [4.78, 5) is 0. The van der Waals surface area contributed by atoms with Crippen LogP contribution in [0.5, 0.6) is 0 Å². The molecule has 0 bridgehead atoms. The van der Waals surface area contributed by atoms with Crippen LogP contribution in [-0.4, -0.2) is 13.2 Å². The maximum absolute atomic E-state index is 13.4. The summed E-state index contributed by atoms with van der Waals surface area (Å²) in [5.41, 5.74) is 0.329. The molecule has 1 aliphatic heterocycles. The number of halogens is 3. The molecule has 0 unspecified atom stereocenters. The zero-order valence-electron chi connectivity index (χ0n) is 7.10. The SMILES string of the molecule is Fc1ccc(Cl)c(Br)c1C1OCCO1. The first-order chi connectivity index (χ1) is 6.70. The fourth-order valence-electron chi connectivity index (χ4n) is 1.28. The number of rotatable bonds is 1. The average Bonchev–Trinajstić information content (AvgIpc) is 2.65. The second-order valence-electron chi connectivity index (χ2n) is 2.83. The smallest absolute Gasteiger partial charge is 0.187 e. The molecule has 0 spiro atoms. The first-order valence-electron chi connectivity index (χ1n) is 4.07. The van der Waals surface area contributed by atoms with E-state index in [4.69, 9.17) is 21.1 Å². The van der Waals surface area contributed by atoms with Crippen molar-refractivity contribution in [2.45, 2.75) is 6.29 Å². The van der Waals surface area contributed by atoms with Crippen molar-refractivity contribution in [3.05, 3.63) is 33.0 Å². The summed E-state index contributed by atoms with van der Waals surface area (Å²) in [6.07, 6.45) is -0.650. The minimum Gasteiger partial charge on any atom is -0.346 e. The van der Waals surface area contributed by atoms with E-state index in [-0.39, 0.29) is 5.82 Å². The van der Waals surface area contributed by atoms with E-state index < -0.39 is 6.29 Å². The topological polar surface area (TPSA) is 18.5 Å². The van der Waals surface area contributed by atoms with Crippen molar-refractivity contribution in [1.82, 2.24) is 0 Å². The summed E-state index contributed by atoms with van der Waals surface area (Å²) in [6.45, 7) is 0.951. The van der Waals surface area contributed by atoms with Crippen LogP contribution in [-0.2, 0) is 9.47 Å². The van der Waals surface area contributed by atoms with Crippen LogP contribution in [0.2, 0.25) is 5.02 Å². The summed E-state index contributed by atoms with van der Waals surface area (Å²) in [5, 5.41) is 0.445. The molecule has 1 saturated heterocycles. The average molecular weight is 282 g/mol. The molecule has 0 aromatic heterocycles. The van der Waals surface area contributed by atoms with Gasteiger partial charge in [0.25, 0.3) is 0 Å². The van der Waals surface area contributed by atoms with Crippen LogP contribution in [0.1, 0.15) is 11.9 Å². The van der Waals surface area contributed by atoms with Gasteiger partial charge in [0.1, 0.15) is 5.82 Å². The van der Waals surface area contributed by atoms with E-state index in [2.05, 4.69) is 15.9 Å². The molecule has 76 valence electrons. The Bertz CT molecular complexity index is 353. The van der Waals surface area contributed by atoms with Gasteiger partial charge in [-0.3, -0.25) is 0 Å². The normalized spacial score (nSPS) is 17.6. The monoisotopic (exact) mass is 280 g/mol. The van der Waals surface area contributed by atoms with E-state index in [1.807, 2.05) is 0 Å². The lowest BCUT2D eigenvalue weighted by molar-refractivity contribution is -0.0470. The molecule has 1 aromatic rings. The second-order valence-corrected chi connectivity index (χ2v) is 4.03. The fourth-order valence-corrected chi connectivity index (χ4v) is 1.96. The highest BCUT2D eigenvalue weighted by atomic mass is 79.9. The molecule has 2 nitrogen and oxygen atoms in total. The van der Waals surface area contributed by atoms with Crippen LogP contribution in [0, 0.1) is 5.82 Å². The molecule has 0 amide bonds. The Morgan fingerprint density at radius 2 is 2.00 bits per heavy atom. The van der Waals surface area contributed by atoms with Gasteiger partial charge in [0.05, 0.1) is 23.8 Å². The third-order valence-corrected chi connectivity index (χ3v) is 3.33. The minimum atomic E-state index is -0.650. The Morgan fingerprint density at radius 1 is 1.36 bits per heavy atom. The van der Waals surface area contributed by atoms with Crippen LogP contribution < -0.4 is 0 Å². The van der Waals surface area contributed by atoms with Crippen molar-refractivity contribution in [2.24, 2.45) is 0 Å². The molecule has 0 aliphatic carbocycles. The van der Waals surface area contributed by atoms with Crippen LogP contribution in [0.15, 0.2) is 16.6 Å². The summed E-state index contributed by atoms with van der Waals surface area (Å²) in [5.74, 6) is -0.381. The van der Waals surface area contributed by atoms with Crippen molar-refractivity contribution in [2.75, 3.05) is 13.2 Å². The van der Waals surface area contributed by atoms with E-state index in [9.17, 15) is 4.39 Å². The van der Waals surface area contributed by atoms with Gasteiger partial charge in [-0.25, -0.2) is 4.39 Å². The molecule has 0 N–H and O–H groups in total. The molecule has 1 fully saturated rings. The summed E-state index contributed by atoms with van der Waals surface area (Å²) in [6, 6.07) is 2.78. The highest BCUT2D eigenvalue weighted by Crippen LogP contribution is 2.36. The minimum absolute atomic E-state index is 0.329. The van der Waals surface area contributed by atoms with Gasteiger partial charge in [-0.1, -0.05) is 11.6 Å². The summed E-state index contributed by atoms with van der Waals surface area (Å²) in [7, 11) is 0. The number of hydrogen-bond acceptors (Lipinski definition) is 2. The van der Waals surface area contributed by atoms with Gasteiger partial charge in [0, 0.05) is 4.47 Å². The highest BCUT2D eigenvalue weighted by Gasteiger charge is 2.25. The lowest BCUT2D eigenvalue weighted by atomic mass is 10.2. The standard InChI is InChI=1S/C9H7BrClFO2/c10-8-5(11)1-2-6(12)7(8)9-13-3-4-14-9/h1-2,9H,3-4H2. The van der Waals surface area contributed by atoms with Crippen LogP contribution in [0.3, 0.4) is 0 Å². The lowest BCUT2D eigenvalue weighted by Crippen LogP contribution is -2.02. The summed E-state index contributed by atoms with van der Waals surface area (Å²) >= 11 is 9.05. The van der Waals surface area contributed by atoms with Gasteiger partial charge >= 0.3 is 0 Å². The van der Waals surface area contributed by atoms with E-state index >= 15 is 0 Å². The van der Waals surface area contributed by atoms with E-state index in [0.717, 1.165) is 0 Å². The van der Waals surface area contributed by atoms with E-state index in [0.29, 0.717) is 28.3 Å². The molecule has 1 aromatic carbocycles. The third kappa shape index (κ3) is 1.80. The van der Waals surface area contributed by atoms with Crippen LogP contribution in [0.25, 0.3) is 0 Å². The molecule has 0 saturated carbocycles. The van der Waals surface area contributed by atoms with Crippen LogP contribution in [0.4, 0.5) is 4.39 Å². The van der Waals surface area contributed by atoms with Gasteiger partial charge < -0.3 is 9.47 Å². The Morgan fingerprint density at radius 3 is 2.64 bits per heavy atom. The Kier molecular flexibility index (Phi) is 3.07. The van der Waals surface area contributed by atoms with E-state index in [1.54, 1.807) is 0 Å². The molecule has 14 heavy (non-hydrogen) atoms. The fraction of sp³-hybridized carbons (Fsp3) is 0.333. The molecule has 1 aliphatic rings. The molecule has 0 atom stereocenters. The predicted octanol–water partition coefficient (Wildman–Crippen LogP) is 3.29. The molecular formula is C9H7BrClFO2. The number of benzene rings is 1. The Labute approximate surface area is 94.1 Å². The van der Waals surface area contributed by atoms with E-state index in [1.165, 1.54) is 12.1 Å². The Balaban J connectivity index is 2.44. The quantitative estimate of drug-likeness (QED) is 0.736. The zero-order valence-corrected chi connectivity index (χ0v) is 9.44. The van der Waals surface area contributed by atoms with Gasteiger partial charge in [-0.15, -0.1) is 0 Å². The van der Waals surface area contributed by atoms with Gasteiger partial charge in [-0.05, 0) is 28.1 Å².